The predicted octanol–water partition coefficient (Wildman–Crippen LogP) is 0.884. The van der Waals surface area contributed by atoms with Crippen molar-refractivity contribution in [3.05, 3.63) is 35.4 Å². The van der Waals surface area contributed by atoms with E-state index in [1.165, 1.54) is 11.4 Å². The first-order valence-corrected chi connectivity index (χ1v) is 8.87. The van der Waals surface area contributed by atoms with E-state index in [4.69, 9.17) is 0 Å². The number of hydrogen-bond donors (Lipinski definition) is 1. The Morgan fingerprint density at radius 2 is 1.95 bits per heavy atom. The molecule has 1 fully saturated rings. The van der Waals surface area contributed by atoms with Gasteiger partial charge >= 0.3 is 0 Å². The molecule has 0 atom stereocenters. The van der Waals surface area contributed by atoms with Gasteiger partial charge in [0.2, 0.25) is 5.91 Å². The van der Waals surface area contributed by atoms with Gasteiger partial charge in [-0.25, -0.2) is 0 Å². The van der Waals surface area contributed by atoms with Gasteiger partial charge in [0.05, 0.1) is 0 Å². The lowest BCUT2D eigenvalue weighted by molar-refractivity contribution is -0.127. The fourth-order valence-corrected chi connectivity index (χ4v) is 3.20. The molecule has 6 nitrogen and oxygen atoms in total. The summed E-state index contributed by atoms with van der Waals surface area (Å²) in [5.74, 6) is 0.110. The van der Waals surface area contributed by atoms with Crippen molar-refractivity contribution in [2.24, 2.45) is 0 Å². The van der Waals surface area contributed by atoms with Gasteiger partial charge in [-0.3, -0.25) is 4.79 Å². The molecular formula is C15H23N3O3S. The minimum Gasteiger partial charge on any atom is -0.341 e. The highest BCUT2D eigenvalue weighted by atomic mass is 32.2. The van der Waals surface area contributed by atoms with E-state index < -0.39 is 10.2 Å². The van der Waals surface area contributed by atoms with Crippen LogP contribution in [0.2, 0.25) is 0 Å². The van der Waals surface area contributed by atoms with Crippen LogP contribution < -0.4 is 4.72 Å². The number of carbonyl (C=O) groups is 1. The largest absolute Gasteiger partial charge is 0.341 e. The quantitative estimate of drug-likeness (QED) is 0.809. The summed E-state index contributed by atoms with van der Waals surface area (Å²) in [5, 5.41) is 0. The van der Waals surface area contributed by atoms with Gasteiger partial charge < -0.3 is 4.90 Å². The van der Waals surface area contributed by atoms with Gasteiger partial charge in [0.25, 0.3) is 10.2 Å². The van der Waals surface area contributed by atoms with E-state index in [0.29, 0.717) is 19.5 Å². The molecule has 0 spiro atoms. The summed E-state index contributed by atoms with van der Waals surface area (Å²) in [4.78, 5) is 13.2. The zero-order valence-corrected chi connectivity index (χ0v) is 13.9. The third kappa shape index (κ3) is 4.53. The zero-order chi connectivity index (χ0) is 16.2. The number of nitrogens with zero attached hydrogens (tertiary/aromatic N) is 2. The second kappa shape index (κ2) is 7.21. The minimum atomic E-state index is -3.53. The Bertz CT molecular complexity index is 613. The van der Waals surface area contributed by atoms with E-state index in [1.54, 1.807) is 4.90 Å². The summed E-state index contributed by atoms with van der Waals surface area (Å²) in [6.45, 7) is 3.72. The van der Waals surface area contributed by atoms with E-state index in [-0.39, 0.29) is 12.5 Å². The van der Waals surface area contributed by atoms with Crippen molar-refractivity contribution >= 4 is 16.1 Å². The highest BCUT2D eigenvalue weighted by Crippen LogP contribution is 2.09. The van der Waals surface area contributed by atoms with Crippen molar-refractivity contribution in [2.45, 2.75) is 26.3 Å². The summed E-state index contributed by atoms with van der Waals surface area (Å²) in [6, 6.07) is 7.71. The Balaban J connectivity index is 1.83. The van der Waals surface area contributed by atoms with Gasteiger partial charge in [-0.2, -0.15) is 17.4 Å². The second-order valence-corrected chi connectivity index (χ2v) is 7.48. The molecule has 1 saturated heterocycles. The van der Waals surface area contributed by atoms with Crippen LogP contribution in [-0.2, 0) is 21.5 Å². The third-order valence-corrected chi connectivity index (χ3v) is 5.36. The van der Waals surface area contributed by atoms with Crippen LogP contribution in [0.15, 0.2) is 24.3 Å². The Morgan fingerprint density at radius 1 is 1.27 bits per heavy atom. The molecule has 1 aromatic rings. The Hall–Kier alpha value is -1.44. The number of rotatable bonds is 7. The lowest BCUT2D eigenvalue weighted by atomic mass is 10.2. The van der Waals surface area contributed by atoms with Crippen LogP contribution in [-0.4, -0.2) is 50.2 Å². The van der Waals surface area contributed by atoms with Crippen molar-refractivity contribution < 1.29 is 13.2 Å². The van der Waals surface area contributed by atoms with E-state index in [1.807, 2.05) is 31.2 Å². The maximum absolute atomic E-state index is 12.2. The molecule has 0 aliphatic carbocycles. The summed E-state index contributed by atoms with van der Waals surface area (Å²) < 4.78 is 28.2. The monoisotopic (exact) mass is 325 g/mol. The maximum atomic E-state index is 12.2. The Morgan fingerprint density at radius 3 is 2.55 bits per heavy atom. The average Bonchev–Trinajstić information content (AvgIpc) is 2.89. The summed E-state index contributed by atoms with van der Waals surface area (Å²) in [7, 11) is -2.01. The van der Waals surface area contributed by atoms with Crippen molar-refractivity contribution in [2.75, 3.05) is 26.7 Å². The highest BCUT2D eigenvalue weighted by Gasteiger charge is 2.23. The first kappa shape index (κ1) is 16.9. The molecule has 0 unspecified atom stereocenters. The average molecular weight is 325 g/mol. The molecule has 0 saturated carbocycles. The number of aryl methyl sites for hydroxylation is 1. The van der Waals surface area contributed by atoms with Crippen LogP contribution in [0.1, 0.15) is 24.0 Å². The number of benzene rings is 1. The molecular weight excluding hydrogens is 302 g/mol. The molecule has 2 rings (SSSR count). The van der Waals surface area contributed by atoms with Crippen LogP contribution in [0.25, 0.3) is 0 Å². The molecule has 1 N–H and O–H groups in total. The van der Waals surface area contributed by atoms with E-state index in [0.717, 1.165) is 24.1 Å². The van der Waals surface area contributed by atoms with Crippen LogP contribution in [0.5, 0.6) is 0 Å². The molecule has 0 aromatic heterocycles. The lowest BCUT2D eigenvalue weighted by Gasteiger charge is -2.21. The number of hydrogen-bond acceptors (Lipinski definition) is 3. The molecule has 122 valence electrons. The van der Waals surface area contributed by atoms with Gasteiger partial charge in [-0.1, -0.05) is 29.8 Å². The van der Waals surface area contributed by atoms with Gasteiger partial charge in [0, 0.05) is 39.6 Å². The smallest absolute Gasteiger partial charge is 0.279 e. The standard InChI is InChI=1S/C15H23N3O3S/c1-13-5-7-14(8-6-13)12-16-22(20,21)17(2)10-11-18-9-3-4-15(18)19/h5-8,16H,3-4,9-12H2,1-2H3. The molecule has 1 aromatic carbocycles. The highest BCUT2D eigenvalue weighted by molar-refractivity contribution is 7.87. The second-order valence-electron chi connectivity index (χ2n) is 5.62. The van der Waals surface area contributed by atoms with Crippen LogP contribution >= 0.6 is 0 Å². The molecule has 1 amide bonds. The Labute approximate surface area is 132 Å². The molecule has 1 aliphatic heterocycles. The number of amides is 1. The van der Waals surface area contributed by atoms with Crippen molar-refractivity contribution in [3.8, 4) is 0 Å². The molecule has 22 heavy (non-hydrogen) atoms. The maximum Gasteiger partial charge on any atom is 0.279 e. The van der Waals surface area contributed by atoms with Crippen LogP contribution in [0, 0.1) is 6.92 Å². The number of carbonyl (C=O) groups excluding carboxylic acids is 1. The first-order valence-electron chi connectivity index (χ1n) is 7.43. The summed E-state index contributed by atoms with van der Waals surface area (Å²) in [5.41, 5.74) is 2.05. The van der Waals surface area contributed by atoms with Crippen LogP contribution in [0.3, 0.4) is 0 Å². The molecule has 0 radical (unpaired) electrons. The zero-order valence-electron chi connectivity index (χ0n) is 13.1. The molecule has 7 heteroatoms. The normalized spacial score (nSPS) is 15.8. The number of likely N-dealkylation sites (tertiary alicyclic amines) is 1. The number of likely N-dealkylation sites (N-methyl/N-ethyl adjacent to an activating group) is 1. The van der Waals surface area contributed by atoms with Crippen molar-refractivity contribution in [3.63, 3.8) is 0 Å². The van der Waals surface area contributed by atoms with E-state index in [2.05, 4.69) is 4.72 Å². The molecule has 0 bridgehead atoms. The number of nitrogens with one attached hydrogen (secondary N) is 1. The Kier molecular flexibility index (Phi) is 5.55. The van der Waals surface area contributed by atoms with Crippen molar-refractivity contribution in [1.82, 2.24) is 13.9 Å². The van der Waals surface area contributed by atoms with Crippen molar-refractivity contribution in [1.29, 1.82) is 0 Å². The van der Waals surface area contributed by atoms with Gasteiger partial charge in [-0.15, -0.1) is 0 Å². The predicted molar refractivity (Wildman–Crippen MR) is 85.4 cm³/mol. The van der Waals surface area contributed by atoms with Gasteiger partial charge in [0.1, 0.15) is 0 Å². The van der Waals surface area contributed by atoms with Crippen LogP contribution in [0.4, 0.5) is 0 Å². The first-order chi connectivity index (χ1) is 10.4. The van der Waals surface area contributed by atoms with Gasteiger partial charge in [-0.05, 0) is 18.9 Å². The van der Waals surface area contributed by atoms with Gasteiger partial charge in [0.15, 0.2) is 0 Å². The SMILES string of the molecule is Cc1ccc(CNS(=O)(=O)N(C)CCN2CCCC2=O)cc1. The summed E-state index contributed by atoms with van der Waals surface area (Å²) >= 11 is 0. The summed E-state index contributed by atoms with van der Waals surface area (Å²) in [6.07, 6.45) is 1.43. The molecule has 1 aliphatic rings. The lowest BCUT2D eigenvalue weighted by Crippen LogP contribution is -2.42. The van der Waals surface area contributed by atoms with E-state index in [9.17, 15) is 13.2 Å². The fourth-order valence-electron chi connectivity index (χ4n) is 2.31. The molecule has 1 heterocycles. The topological polar surface area (TPSA) is 69.7 Å². The minimum absolute atomic E-state index is 0.110. The third-order valence-electron chi connectivity index (χ3n) is 3.85. The van der Waals surface area contributed by atoms with E-state index >= 15 is 0 Å². The fraction of sp³-hybridized carbons (Fsp3) is 0.533.